The minimum absolute atomic E-state index is 0.133. The average Bonchev–Trinajstić information content (AvgIpc) is 3.58. The predicted molar refractivity (Wildman–Crippen MR) is 166 cm³/mol. The zero-order chi connectivity index (χ0) is 30.7. The maximum atomic E-state index is 13.9. The summed E-state index contributed by atoms with van der Waals surface area (Å²) in [6.45, 7) is 3.87. The Hall–Kier alpha value is -3.56. The molecule has 2 amide bonds. The molecule has 0 aliphatic carbocycles. The van der Waals surface area contributed by atoms with Gasteiger partial charge in [-0.1, -0.05) is 74.4 Å². The van der Waals surface area contributed by atoms with Gasteiger partial charge in [-0.05, 0) is 66.6 Å². The first-order valence-electron chi connectivity index (χ1n) is 15.2. The Balaban J connectivity index is 1.53. The second-order valence-electron chi connectivity index (χ2n) is 11.1. The minimum atomic E-state index is -3.51. The number of nitrogens with one attached hydrogen (secondary N) is 1. The summed E-state index contributed by atoms with van der Waals surface area (Å²) in [5.41, 5.74) is 2.49. The quantitative estimate of drug-likeness (QED) is 0.232. The van der Waals surface area contributed by atoms with Gasteiger partial charge >= 0.3 is 0 Å². The molecular weight excluding hydrogens is 565 g/mol. The third kappa shape index (κ3) is 9.21. The Morgan fingerprint density at radius 3 is 2.19 bits per heavy atom. The number of amides is 2. The van der Waals surface area contributed by atoms with Gasteiger partial charge in [-0.2, -0.15) is 4.31 Å². The largest absolute Gasteiger partial charge is 0.354 e. The van der Waals surface area contributed by atoms with Gasteiger partial charge in [0, 0.05) is 39.0 Å². The molecule has 3 aromatic rings. The van der Waals surface area contributed by atoms with Crippen molar-refractivity contribution in [2.75, 3.05) is 19.6 Å². The van der Waals surface area contributed by atoms with Crippen LogP contribution in [-0.2, 0) is 39.0 Å². The Bertz CT molecular complexity index is 1420. The number of nitrogens with zero attached hydrogens (tertiary/aromatic N) is 2. The fourth-order valence-corrected chi connectivity index (χ4v) is 6.86. The summed E-state index contributed by atoms with van der Waals surface area (Å²) in [5, 5.41) is 3.03. The summed E-state index contributed by atoms with van der Waals surface area (Å²) in [6, 6.07) is 21.5. The monoisotopic (exact) mass is 607 g/mol. The van der Waals surface area contributed by atoms with Crippen molar-refractivity contribution in [1.29, 1.82) is 0 Å². The lowest BCUT2D eigenvalue weighted by Gasteiger charge is -2.31. The van der Waals surface area contributed by atoms with Crippen LogP contribution in [0, 0.1) is 5.82 Å². The SMILES string of the molecule is CCCCCNC(=O)[C@@H](Cc1ccccc1)N(Cc1ccc(F)cc1)C(=O)CCc1ccc(S(=O)(=O)N2CCCC2)cc1. The molecule has 1 atom stereocenters. The first-order valence-corrected chi connectivity index (χ1v) is 16.7. The highest BCUT2D eigenvalue weighted by atomic mass is 32.2. The molecule has 1 fully saturated rings. The molecule has 0 spiro atoms. The van der Waals surface area contributed by atoms with Crippen molar-refractivity contribution in [1.82, 2.24) is 14.5 Å². The molecule has 0 saturated carbocycles. The van der Waals surface area contributed by atoms with Crippen molar-refractivity contribution in [2.24, 2.45) is 0 Å². The van der Waals surface area contributed by atoms with Crippen LogP contribution < -0.4 is 5.32 Å². The van der Waals surface area contributed by atoms with Gasteiger partial charge in [0.15, 0.2) is 0 Å². The third-order valence-corrected chi connectivity index (χ3v) is 9.78. The molecule has 1 saturated heterocycles. The molecule has 4 rings (SSSR count). The van der Waals surface area contributed by atoms with Crippen molar-refractivity contribution in [3.63, 3.8) is 0 Å². The summed E-state index contributed by atoms with van der Waals surface area (Å²) in [5.74, 6) is -0.791. The highest BCUT2D eigenvalue weighted by Gasteiger charge is 2.30. The highest BCUT2D eigenvalue weighted by Crippen LogP contribution is 2.22. The number of aryl methyl sites for hydroxylation is 1. The number of halogens is 1. The van der Waals surface area contributed by atoms with E-state index in [0.717, 1.165) is 48.8 Å². The van der Waals surface area contributed by atoms with E-state index in [9.17, 15) is 22.4 Å². The first kappa shape index (κ1) is 32.4. The summed E-state index contributed by atoms with van der Waals surface area (Å²) in [7, 11) is -3.51. The fraction of sp³-hybridized carbons (Fsp3) is 0.412. The van der Waals surface area contributed by atoms with E-state index < -0.39 is 16.1 Å². The Morgan fingerprint density at radius 1 is 0.884 bits per heavy atom. The third-order valence-electron chi connectivity index (χ3n) is 7.87. The number of unbranched alkanes of at least 4 members (excludes halogenated alkanes) is 2. The second kappa shape index (κ2) is 15.8. The number of rotatable bonds is 15. The van der Waals surface area contributed by atoms with Crippen molar-refractivity contribution in [3.8, 4) is 0 Å². The summed E-state index contributed by atoms with van der Waals surface area (Å²) >= 11 is 0. The van der Waals surface area contributed by atoms with Crippen LogP contribution in [0.5, 0.6) is 0 Å². The Kier molecular flexibility index (Phi) is 11.9. The van der Waals surface area contributed by atoms with E-state index in [4.69, 9.17) is 0 Å². The maximum absolute atomic E-state index is 13.9. The topological polar surface area (TPSA) is 86.8 Å². The number of hydrogen-bond donors (Lipinski definition) is 1. The standard InChI is InChI=1S/C34H42FN3O4S/c1-2-3-7-22-36-34(40)32(25-28-10-5-4-6-11-28)38(26-29-12-17-30(35)18-13-29)33(39)21-16-27-14-19-31(20-15-27)43(41,42)37-23-8-9-24-37/h4-6,10-15,17-20,32H,2-3,7-9,16,21-26H2,1H3,(H,36,40)/t32-/m1/s1. The molecule has 9 heteroatoms. The van der Waals surface area contributed by atoms with Gasteiger partial charge in [-0.15, -0.1) is 0 Å². The molecular formula is C34H42FN3O4S. The minimum Gasteiger partial charge on any atom is -0.354 e. The second-order valence-corrected chi connectivity index (χ2v) is 13.0. The zero-order valence-electron chi connectivity index (χ0n) is 24.9. The summed E-state index contributed by atoms with van der Waals surface area (Å²) in [4.78, 5) is 29.3. The molecule has 1 aliphatic heterocycles. The summed E-state index contributed by atoms with van der Waals surface area (Å²) < 4.78 is 41.0. The normalized spacial score (nSPS) is 14.4. The first-order chi connectivity index (χ1) is 20.8. The van der Waals surface area contributed by atoms with Gasteiger partial charge in [0.2, 0.25) is 21.8 Å². The molecule has 43 heavy (non-hydrogen) atoms. The van der Waals surface area contributed by atoms with Gasteiger partial charge < -0.3 is 10.2 Å². The molecule has 0 unspecified atom stereocenters. The average molecular weight is 608 g/mol. The van der Waals surface area contributed by atoms with Crippen LogP contribution in [-0.4, -0.2) is 55.1 Å². The van der Waals surface area contributed by atoms with Crippen LogP contribution in [0.1, 0.15) is 62.1 Å². The lowest BCUT2D eigenvalue weighted by Crippen LogP contribution is -2.50. The molecule has 0 aromatic heterocycles. The van der Waals surface area contributed by atoms with Crippen LogP contribution in [0.2, 0.25) is 0 Å². The van der Waals surface area contributed by atoms with Crippen LogP contribution in [0.15, 0.2) is 83.8 Å². The smallest absolute Gasteiger partial charge is 0.243 e. The fourth-order valence-electron chi connectivity index (χ4n) is 5.35. The van der Waals surface area contributed by atoms with E-state index in [-0.39, 0.29) is 35.5 Å². The van der Waals surface area contributed by atoms with Gasteiger partial charge in [0.05, 0.1) is 4.90 Å². The molecule has 1 N–H and O–H groups in total. The maximum Gasteiger partial charge on any atom is 0.243 e. The van der Waals surface area contributed by atoms with Crippen LogP contribution >= 0.6 is 0 Å². The highest BCUT2D eigenvalue weighted by molar-refractivity contribution is 7.89. The van der Waals surface area contributed by atoms with E-state index in [0.29, 0.717) is 32.5 Å². The molecule has 230 valence electrons. The van der Waals surface area contributed by atoms with Gasteiger partial charge in [0.25, 0.3) is 0 Å². The van der Waals surface area contributed by atoms with Gasteiger partial charge in [-0.3, -0.25) is 9.59 Å². The Morgan fingerprint density at radius 2 is 1.53 bits per heavy atom. The molecule has 3 aromatic carbocycles. The van der Waals surface area contributed by atoms with Crippen LogP contribution in [0.25, 0.3) is 0 Å². The van der Waals surface area contributed by atoms with Crippen LogP contribution in [0.4, 0.5) is 4.39 Å². The predicted octanol–water partition coefficient (Wildman–Crippen LogP) is 5.49. The van der Waals surface area contributed by atoms with Crippen LogP contribution in [0.3, 0.4) is 0 Å². The summed E-state index contributed by atoms with van der Waals surface area (Å²) in [6.07, 6.45) is 5.49. The zero-order valence-corrected chi connectivity index (χ0v) is 25.7. The van der Waals surface area contributed by atoms with E-state index in [1.54, 1.807) is 41.3 Å². The Labute approximate surface area is 255 Å². The number of benzene rings is 3. The molecule has 7 nitrogen and oxygen atoms in total. The number of carbonyl (C=O) groups excluding carboxylic acids is 2. The lowest BCUT2D eigenvalue weighted by molar-refractivity contribution is -0.141. The number of sulfonamides is 1. The molecule has 1 heterocycles. The van der Waals surface area contributed by atoms with E-state index in [1.807, 2.05) is 30.3 Å². The number of hydrogen-bond acceptors (Lipinski definition) is 4. The lowest BCUT2D eigenvalue weighted by atomic mass is 10.0. The van der Waals surface area contributed by atoms with Crippen molar-refractivity contribution in [2.45, 2.75) is 75.8 Å². The molecule has 0 bridgehead atoms. The number of carbonyl (C=O) groups is 2. The van der Waals surface area contributed by atoms with Crippen molar-refractivity contribution >= 4 is 21.8 Å². The molecule has 1 aliphatic rings. The van der Waals surface area contributed by atoms with Crippen molar-refractivity contribution in [3.05, 3.63) is 101 Å². The molecule has 0 radical (unpaired) electrons. The van der Waals surface area contributed by atoms with Gasteiger partial charge in [-0.25, -0.2) is 12.8 Å². The van der Waals surface area contributed by atoms with E-state index >= 15 is 0 Å². The van der Waals surface area contributed by atoms with Gasteiger partial charge in [0.1, 0.15) is 11.9 Å². The van der Waals surface area contributed by atoms with E-state index in [1.165, 1.54) is 16.4 Å². The van der Waals surface area contributed by atoms with E-state index in [2.05, 4.69) is 12.2 Å². The van der Waals surface area contributed by atoms with Crippen molar-refractivity contribution < 1.29 is 22.4 Å².